The molecule has 9 heteroatoms. The number of carboxylic acid groups (broad SMARTS) is 1. The van der Waals surface area contributed by atoms with Crippen molar-refractivity contribution < 1.29 is 24.2 Å². The van der Waals surface area contributed by atoms with Crippen LogP contribution in [-0.4, -0.2) is 48.4 Å². The van der Waals surface area contributed by atoms with Crippen LogP contribution in [0.1, 0.15) is 42.4 Å². The van der Waals surface area contributed by atoms with Gasteiger partial charge in [0.05, 0.1) is 20.0 Å². The topological polar surface area (TPSA) is 155 Å². The molecule has 2 aromatic carbocycles. The molecule has 0 aromatic heterocycles. The molecule has 182 valence electrons. The molecular formula is C25H32N4O5. The maximum absolute atomic E-state index is 12.3. The fourth-order valence-corrected chi connectivity index (χ4v) is 3.41. The summed E-state index contributed by atoms with van der Waals surface area (Å²) < 4.78 is 5.12. The van der Waals surface area contributed by atoms with Crippen LogP contribution in [0.5, 0.6) is 5.75 Å². The molecule has 2 amide bonds. The average Bonchev–Trinajstić information content (AvgIpc) is 2.80. The van der Waals surface area contributed by atoms with Gasteiger partial charge in [0.2, 0.25) is 11.8 Å². The molecule has 0 saturated heterocycles. The standard InChI is InChI=1S/C25H32N4O5/c1-34-21-11-6-17(7-12-21)8-13-22(30)29-20(16-24(32)33)3-2-14-28-23(31)15-18-4-9-19(10-5-18)25(26)27/h4-7,9-12,20H,2-3,8,13-16H2,1H3,(H3,26,27)(H,28,31)(H,29,30)(H,32,33)/t20-/m0/s1. The van der Waals surface area contributed by atoms with Crippen molar-refractivity contribution in [1.29, 1.82) is 5.41 Å². The van der Waals surface area contributed by atoms with Crippen molar-refractivity contribution in [3.63, 3.8) is 0 Å². The van der Waals surface area contributed by atoms with Crippen LogP contribution >= 0.6 is 0 Å². The first-order valence-corrected chi connectivity index (χ1v) is 11.1. The lowest BCUT2D eigenvalue weighted by Gasteiger charge is -2.17. The molecule has 2 rings (SSSR count). The monoisotopic (exact) mass is 468 g/mol. The number of carbonyl (C=O) groups excluding carboxylic acids is 2. The average molecular weight is 469 g/mol. The fraction of sp³-hybridized carbons (Fsp3) is 0.360. The Morgan fingerprint density at radius 1 is 1.03 bits per heavy atom. The van der Waals surface area contributed by atoms with Gasteiger partial charge in [-0.1, -0.05) is 36.4 Å². The zero-order valence-electron chi connectivity index (χ0n) is 19.3. The SMILES string of the molecule is COc1ccc(CCC(=O)N[C@@H](CCCNC(=O)Cc2ccc(C(=N)N)cc2)CC(=O)O)cc1. The minimum atomic E-state index is -0.988. The van der Waals surface area contributed by atoms with E-state index in [4.69, 9.17) is 21.0 Å². The molecule has 0 bridgehead atoms. The van der Waals surface area contributed by atoms with E-state index >= 15 is 0 Å². The lowest BCUT2D eigenvalue weighted by molar-refractivity contribution is -0.137. The molecule has 0 fully saturated rings. The Kier molecular flexibility index (Phi) is 10.6. The third-order valence-corrected chi connectivity index (χ3v) is 5.27. The third-order valence-electron chi connectivity index (χ3n) is 5.27. The number of carboxylic acids is 1. The summed E-state index contributed by atoms with van der Waals surface area (Å²) in [5.41, 5.74) is 7.81. The van der Waals surface area contributed by atoms with Crippen LogP contribution in [0.4, 0.5) is 0 Å². The number of ether oxygens (including phenoxy) is 1. The Morgan fingerprint density at radius 2 is 1.68 bits per heavy atom. The van der Waals surface area contributed by atoms with Gasteiger partial charge >= 0.3 is 5.97 Å². The first-order valence-electron chi connectivity index (χ1n) is 11.1. The van der Waals surface area contributed by atoms with E-state index in [0.29, 0.717) is 31.4 Å². The summed E-state index contributed by atoms with van der Waals surface area (Å²) in [5.74, 6) is -0.639. The second kappa shape index (κ2) is 13.6. The van der Waals surface area contributed by atoms with E-state index in [2.05, 4.69) is 10.6 Å². The summed E-state index contributed by atoms with van der Waals surface area (Å²) in [6.45, 7) is 0.377. The minimum absolute atomic E-state index is 0.0280. The highest BCUT2D eigenvalue weighted by atomic mass is 16.5. The second-order valence-electron chi connectivity index (χ2n) is 7.99. The molecule has 0 heterocycles. The molecule has 1 atom stereocenters. The van der Waals surface area contributed by atoms with Crippen LogP contribution < -0.4 is 21.1 Å². The van der Waals surface area contributed by atoms with Gasteiger partial charge in [0.15, 0.2) is 0 Å². The second-order valence-corrected chi connectivity index (χ2v) is 7.99. The molecule has 6 N–H and O–H groups in total. The number of benzene rings is 2. The van der Waals surface area contributed by atoms with Crippen LogP contribution in [0.2, 0.25) is 0 Å². The van der Waals surface area contributed by atoms with Gasteiger partial charge in [-0.15, -0.1) is 0 Å². The Bertz CT molecular complexity index is 974. The molecule has 9 nitrogen and oxygen atoms in total. The number of aryl methyl sites for hydroxylation is 1. The summed E-state index contributed by atoms with van der Waals surface area (Å²) >= 11 is 0. The number of amides is 2. The van der Waals surface area contributed by atoms with Crippen molar-refractivity contribution in [2.45, 2.75) is 44.6 Å². The molecule has 0 spiro atoms. The Labute approximate surface area is 199 Å². The van der Waals surface area contributed by atoms with Crippen molar-refractivity contribution in [1.82, 2.24) is 10.6 Å². The number of hydrogen-bond donors (Lipinski definition) is 5. The van der Waals surface area contributed by atoms with E-state index in [-0.39, 0.29) is 36.9 Å². The van der Waals surface area contributed by atoms with Crippen molar-refractivity contribution >= 4 is 23.6 Å². The van der Waals surface area contributed by atoms with Gasteiger partial charge in [-0.25, -0.2) is 0 Å². The zero-order valence-corrected chi connectivity index (χ0v) is 19.3. The summed E-state index contributed by atoms with van der Waals surface area (Å²) in [6, 6.07) is 13.8. The Balaban J connectivity index is 1.72. The van der Waals surface area contributed by atoms with Crippen molar-refractivity contribution in [3.8, 4) is 5.75 Å². The third kappa shape index (κ3) is 9.72. The molecule has 2 aromatic rings. The van der Waals surface area contributed by atoms with Gasteiger partial charge in [0.25, 0.3) is 0 Å². The Morgan fingerprint density at radius 3 is 2.26 bits per heavy atom. The Hall–Kier alpha value is -3.88. The number of nitrogens with two attached hydrogens (primary N) is 1. The van der Waals surface area contributed by atoms with Crippen LogP contribution in [0.3, 0.4) is 0 Å². The number of nitrogens with one attached hydrogen (secondary N) is 3. The van der Waals surface area contributed by atoms with E-state index in [9.17, 15) is 14.4 Å². The van der Waals surface area contributed by atoms with Gasteiger partial charge in [0.1, 0.15) is 11.6 Å². The molecular weight excluding hydrogens is 436 g/mol. The van der Waals surface area contributed by atoms with Gasteiger partial charge in [0, 0.05) is 24.6 Å². The van der Waals surface area contributed by atoms with Crippen LogP contribution in [0.25, 0.3) is 0 Å². The molecule has 0 aliphatic carbocycles. The molecule has 34 heavy (non-hydrogen) atoms. The maximum atomic E-state index is 12.3. The number of rotatable bonds is 14. The van der Waals surface area contributed by atoms with E-state index < -0.39 is 12.0 Å². The number of methoxy groups -OCH3 is 1. The van der Waals surface area contributed by atoms with Gasteiger partial charge in [-0.05, 0) is 42.5 Å². The molecule has 0 unspecified atom stereocenters. The van der Waals surface area contributed by atoms with Gasteiger partial charge in [-0.2, -0.15) is 0 Å². The van der Waals surface area contributed by atoms with Crippen molar-refractivity contribution in [3.05, 3.63) is 65.2 Å². The van der Waals surface area contributed by atoms with Crippen LogP contribution in [0, 0.1) is 5.41 Å². The molecule has 0 aliphatic heterocycles. The highest BCUT2D eigenvalue weighted by molar-refractivity contribution is 5.95. The molecule has 0 saturated carbocycles. The number of hydrogen-bond acceptors (Lipinski definition) is 5. The normalized spacial score (nSPS) is 11.3. The van der Waals surface area contributed by atoms with E-state index in [1.54, 1.807) is 31.4 Å². The zero-order chi connectivity index (χ0) is 24.9. The highest BCUT2D eigenvalue weighted by Gasteiger charge is 2.16. The van der Waals surface area contributed by atoms with Crippen LogP contribution in [0.15, 0.2) is 48.5 Å². The summed E-state index contributed by atoms with van der Waals surface area (Å²) in [5, 5.41) is 22.2. The highest BCUT2D eigenvalue weighted by Crippen LogP contribution is 2.13. The number of carbonyl (C=O) groups is 3. The first kappa shape index (κ1) is 26.4. The quantitative estimate of drug-likeness (QED) is 0.162. The van der Waals surface area contributed by atoms with Crippen molar-refractivity contribution in [2.24, 2.45) is 5.73 Å². The maximum Gasteiger partial charge on any atom is 0.305 e. The lowest BCUT2D eigenvalue weighted by atomic mass is 10.1. The minimum Gasteiger partial charge on any atom is -0.497 e. The van der Waals surface area contributed by atoms with E-state index in [0.717, 1.165) is 16.9 Å². The van der Waals surface area contributed by atoms with E-state index in [1.807, 2.05) is 24.3 Å². The number of aliphatic carboxylic acids is 1. The number of nitrogen functional groups attached to an aromatic ring is 1. The fourth-order valence-electron chi connectivity index (χ4n) is 3.41. The van der Waals surface area contributed by atoms with Gasteiger partial charge in [-0.3, -0.25) is 19.8 Å². The van der Waals surface area contributed by atoms with Gasteiger partial charge < -0.3 is 26.2 Å². The molecule has 0 aliphatic rings. The van der Waals surface area contributed by atoms with Crippen LogP contribution in [-0.2, 0) is 27.2 Å². The summed E-state index contributed by atoms with van der Waals surface area (Å²) in [6.07, 6.45) is 1.78. The molecule has 0 radical (unpaired) electrons. The van der Waals surface area contributed by atoms with E-state index in [1.165, 1.54) is 0 Å². The summed E-state index contributed by atoms with van der Waals surface area (Å²) in [4.78, 5) is 35.7. The summed E-state index contributed by atoms with van der Waals surface area (Å²) in [7, 11) is 1.59. The predicted octanol–water partition coefficient (Wildman–Crippen LogP) is 2.01. The number of amidine groups is 1. The predicted molar refractivity (Wildman–Crippen MR) is 129 cm³/mol. The largest absolute Gasteiger partial charge is 0.497 e. The van der Waals surface area contributed by atoms with Crippen molar-refractivity contribution in [2.75, 3.05) is 13.7 Å². The first-order chi connectivity index (χ1) is 16.3. The smallest absolute Gasteiger partial charge is 0.305 e. The lowest BCUT2D eigenvalue weighted by Crippen LogP contribution is -2.37.